The van der Waals surface area contributed by atoms with Gasteiger partial charge < -0.3 is 9.90 Å². The van der Waals surface area contributed by atoms with Crippen LogP contribution in [0.15, 0.2) is 30.3 Å². The van der Waals surface area contributed by atoms with Gasteiger partial charge in [-0.2, -0.15) is 0 Å². The molecular formula is C10H9NaO4. The number of Topliss-reactive ketones (excluding diaryl/α,β-unsaturated/α-hetero) is 1. The molecule has 0 saturated heterocycles. The number of benzene rings is 1. The zero-order valence-electron chi connectivity index (χ0n) is 8.60. The molecule has 0 amide bonds. The molecule has 0 heterocycles. The number of carboxylic acid groups (broad SMARTS) is 1. The van der Waals surface area contributed by atoms with Crippen molar-refractivity contribution in [2.75, 3.05) is 0 Å². The van der Waals surface area contributed by atoms with Crippen molar-refractivity contribution < 1.29 is 49.0 Å². The summed E-state index contributed by atoms with van der Waals surface area (Å²) in [6.45, 7) is 0.940. The fourth-order valence-electron chi connectivity index (χ4n) is 0.532. The number of rotatable bonds is 2. The normalized spacial score (nSPS) is 7.53. The Morgan fingerprint density at radius 2 is 1.60 bits per heavy atom. The van der Waals surface area contributed by atoms with E-state index in [1.54, 1.807) is 12.1 Å². The molecule has 0 bridgehead atoms. The number of aldehydes is 1. The van der Waals surface area contributed by atoms with E-state index in [9.17, 15) is 19.5 Å². The molecule has 0 atom stereocenters. The van der Waals surface area contributed by atoms with Crippen LogP contribution in [-0.4, -0.2) is 18.0 Å². The van der Waals surface area contributed by atoms with E-state index in [4.69, 9.17) is 0 Å². The second-order valence-electron chi connectivity index (χ2n) is 2.37. The Kier molecular flexibility index (Phi) is 10.5. The van der Waals surface area contributed by atoms with E-state index in [-0.39, 0.29) is 29.6 Å². The molecule has 0 unspecified atom stereocenters. The average molecular weight is 216 g/mol. The van der Waals surface area contributed by atoms with Gasteiger partial charge in [-0.25, -0.2) is 0 Å². The summed E-state index contributed by atoms with van der Waals surface area (Å²) in [5.74, 6) is -2.56. The van der Waals surface area contributed by atoms with Crippen molar-refractivity contribution in [1.29, 1.82) is 0 Å². The van der Waals surface area contributed by atoms with Gasteiger partial charge in [0.2, 0.25) is 0 Å². The number of hydrogen-bond acceptors (Lipinski definition) is 4. The molecule has 1 rings (SSSR count). The van der Waals surface area contributed by atoms with Gasteiger partial charge in [-0.15, -0.1) is 0 Å². The van der Waals surface area contributed by atoms with Gasteiger partial charge in [0.15, 0.2) is 5.78 Å². The van der Waals surface area contributed by atoms with Gasteiger partial charge in [0.05, 0.1) is 0 Å². The van der Waals surface area contributed by atoms with Crippen LogP contribution in [0.25, 0.3) is 0 Å². The van der Waals surface area contributed by atoms with Crippen LogP contribution < -0.4 is 34.7 Å². The Labute approximate surface area is 110 Å². The zero-order valence-corrected chi connectivity index (χ0v) is 10.6. The summed E-state index contributed by atoms with van der Waals surface area (Å²) in [6, 6.07) is 9.10. The Hall–Kier alpha value is -0.970. The monoisotopic (exact) mass is 216 g/mol. The first-order valence-corrected chi connectivity index (χ1v) is 3.80. The first-order chi connectivity index (χ1) is 6.57. The van der Waals surface area contributed by atoms with Gasteiger partial charge in [0.25, 0.3) is 0 Å². The van der Waals surface area contributed by atoms with E-state index in [2.05, 4.69) is 0 Å². The van der Waals surface area contributed by atoms with E-state index in [0.29, 0.717) is 0 Å². The smallest absolute Gasteiger partial charge is 0.542 e. The minimum absolute atomic E-state index is 0. The molecule has 0 aliphatic carbocycles. The number of carbonyl (C=O) groups excluding carboxylic acids is 3. The van der Waals surface area contributed by atoms with E-state index >= 15 is 0 Å². The summed E-state index contributed by atoms with van der Waals surface area (Å²) in [6.07, 6.45) is 0.833. The molecule has 5 heteroatoms. The zero-order chi connectivity index (χ0) is 11.0. The molecule has 1 aromatic rings. The number of aliphatic carboxylic acids is 1. The Morgan fingerprint density at radius 1 is 1.20 bits per heavy atom. The molecule has 0 saturated carbocycles. The van der Waals surface area contributed by atoms with Gasteiger partial charge in [-0.05, 0) is 0 Å². The van der Waals surface area contributed by atoms with Gasteiger partial charge in [0, 0.05) is 12.5 Å². The number of carbonyl (C=O) groups is 3. The first-order valence-electron chi connectivity index (χ1n) is 3.80. The second-order valence-corrected chi connectivity index (χ2v) is 2.37. The standard InChI is InChI=1S/C7H6O.C3H4O3.Na/c8-6-7-4-2-1-3-5-7;1-2(4)3(5)6;/h1-6H;1H3,(H,5,6);/q;;+1/p-1. The van der Waals surface area contributed by atoms with Gasteiger partial charge in [-0.1, -0.05) is 30.3 Å². The van der Waals surface area contributed by atoms with Crippen molar-refractivity contribution in [1.82, 2.24) is 0 Å². The van der Waals surface area contributed by atoms with Crippen LogP contribution in [0, 0.1) is 0 Å². The van der Waals surface area contributed by atoms with Crippen LogP contribution in [0.2, 0.25) is 0 Å². The minimum atomic E-state index is -1.63. The fourth-order valence-corrected chi connectivity index (χ4v) is 0.532. The van der Waals surface area contributed by atoms with Gasteiger partial charge in [0.1, 0.15) is 12.3 Å². The third-order valence-corrected chi connectivity index (χ3v) is 1.22. The molecule has 0 spiro atoms. The van der Waals surface area contributed by atoms with Crippen LogP contribution in [0.5, 0.6) is 0 Å². The predicted molar refractivity (Wildman–Crippen MR) is 47.5 cm³/mol. The Morgan fingerprint density at radius 3 is 1.80 bits per heavy atom. The first kappa shape index (κ1) is 16.5. The SMILES string of the molecule is CC(=O)C(=O)[O-].O=Cc1ccccc1.[Na+]. The average Bonchev–Trinajstić information content (AvgIpc) is 2.20. The topological polar surface area (TPSA) is 74.3 Å². The molecule has 4 nitrogen and oxygen atoms in total. The number of ketones is 1. The third kappa shape index (κ3) is 9.34. The molecule has 0 aliphatic rings. The third-order valence-electron chi connectivity index (χ3n) is 1.22. The molecule has 0 radical (unpaired) electrons. The Balaban J connectivity index is 0. The molecule has 0 fully saturated rings. The molecule has 0 aliphatic heterocycles. The second kappa shape index (κ2) is 9.58. The van der Waals surface area contributed by atoms with Crippen molar-refractivity contribution in [3.05, 3.63) is 35.9 Å². The number of carboxylic acids is 1. The van der Waals surface area contributed by atoms with Crippen molar-refractivity contribution >= 4 is 18.0 Å². The van der Waals surface area contributed by atoms with Crippen molar-refractivity contribution in [3.63, 3.8) is 0 Å². The summed E-state index contributed by atoms with van der Waals surface area (Å²) in [5.41, 5.74) is 0.729. The van der Waals surface area contributed by atoms with Crippen LogP contribution in [0.1, 0.15) is 17.3 Å². The van der Waals surface area contributed by atoms with Crippen molar-refractivity contribution in [3.8, 4) is 0 Å². The molecule has 0 aromatic heterocycles. The van der Waals surface area contributed by atoms with Crippen LogP contribution in [0.4, 0.5) is 0 Å². The fraction of sp³-hybridized carbons (Fsp3) is 0.100. The molecule has 15 heavy (non-hydrogen) atoms. The predicted octanol–water partition coefficient (Wildman–Crippen LogP) is -3.17. The van der Waals surface area contributed by atoms with E-state index < -0.39 is 11.8 Å². The van der Waals surface area contributed by atoms with E-state index in [1.807, 2.05) is 18.2 Å². The maximum absolute atomic E-state index is 10.0. The van der Waals surface area contributed by atoms with Crippen molar-refractivity contribution in [2.24, 2.45) is 0 Å². The maximum atomic E-state index is 10.0. The van der Waals surface area contributed by atoms with Crippen LogP contribution in [0.3, 0.4) is 0 Å². The van der Waals surface area contributed by atoms with Crippen LogP contribution in [-0.2, 0) is 9.59 Å². The Bertz CT molecular complexity index is 309. The molecule has 0 N–H and O–H groups in total. The minimum Gasteiger partial charge on any atom is -0.542 e. The summed E-state index contributed by atoms with van der Waals surface area (Å²) in [4.78, 5) is 28.7. The van der Waals surface area contributed by atoms with Crippen molar-refractivity contribution in [2.45, 2.75) is 6.92 Å². The largest absolute Gasteiger partial charge is 1.00 e. The number of hydrogen-bond donors (Lipinski definition) is 0. The van der Waals surface area contributed by atoms with E-state index in [1.165, 1.54) is 0 Å². The summed E-state index contributed by atoms with van der Waals surface area (Å²) in [5, 5.41) is 9.24. The quantitative estimate of drug-likeness (QED) is 0.297. The maximum Gasteiger partial charge on any atom is 1.00 e. The van der Waals surface area contributed by atoms with Crippen LogP contribution >= 0.6 is 0 Å². The summed E-state index contributed by atoms with van der Waals surface area (Å²) >= 11 is 0. The summed E-state index contributed by atoms with van der Waals surface area (Å²) in [7, 11) is 0. The molecule has 74 valence electrons. The van der Waals surface area contributed by atoms with Gasteiger partial charge >= 0.3 is 29.6 Å². The van der Waals surface area contributed by atoms with E-state index in [0.717, 1.165) is 18.8 Å². The molecule has 1 aromatic carbocycles. The summed E-state index contributed by atoms with van der Waals surface area (Å²) < 4.78 is 0. The van der Waals surface area contributed by atoms with Gasteiger partial charge in [-0.3, -0.25) is 9.59 Å². The molecular weight excluding hydrogens is 207 g/mol.